The van der Waals surface area contributed by atoms with Gasteiger partial charge in [0.1, 0.15) is 17.1 Å². The van der Waals surface area contributed by atoms with Gasteiger partial charge in [0.2, 0.25) is 0 Å². The first-order valence-electron chi connectivity index (χ1n) is 12.6. The van der Waals surface area contributed by atoms with E-state index in [0.717, 1.165) is 32.1 Å². The second kappa shape index (κ2) is 9.84. The molecular formula is C28H35N3O5. The Hall–Kier alpha value is -3.55. The second-order valence-corrected chi connectivity index (χ2v) is 10.5. The SMILES string of the molecule is CCCCCc1cc2c(c(O)c1C(=O)Nc1cc(N)cc([N+](=O)[O-])c1)C1C=C(C)CCC1C(C)(C)O2. The number of non-ortho nitro benzene ring substituents is 1. The molecule has 2 aromatic carbocycles. The Morgan fingerprint density at radius 1 is 1.28 bits per heavy atom. The number of rotatable bonds is 7. The number of hydrogen-bond donors (Lipinski definition) is 3. The Morgan fingerprint density at radius 2 is 2.03 bits per heavy atom. The fourth-order valence-corrected chi connectivity index (χ4v) is 5.63. The van der Waals surface area contributed by atoms with Crippen LogP contribution in [-0.4, -0.2) is 21.5 Å². The van der Waals surface area contributed by atoms with Gasteiger partial charge < -0.3 is 20.9 Å². The Balaban J connectivity index is 1.82. The third-order valence-electron chi connectivity index (χ3n) is 7.42. The normalized spacial score (nSPS) is 19.9. The fraction of sp³-hybridized carbons (Fsp3) is 0.464. The van der Waals surface area contributed by atoms with Crippen LogP contribution in [0.2, 0.25) is 0 Å². The smallest absolute Gasteiger partial charge is 0.273 e. The van der Waals surface area contributed by atoms with Crippen molar-refractivity contribution in [1.82, 2.24) is 0 Å². The molecular weight excluding hydrogens is 458 g/mol. The van der Waals surface area contributed by atoms with Crippen LogP contribution in [0.15, 0.2) is 35.9 Å². The van der Waals surface area contributed by atoms with E-state index in [9.17, 15) is 20.0 Å². The molecule has 0 fully saturated rings. The summed E-state index contributed by atoms with van der Waals surface area (Å²) in [7, 11) is 0. The van der Waals surface area contributed by atoms with Crippen molar-refractivity contribution in [1.29, 1.82) is 0 Å². The van der Waals surface area contributed by atoms with Crippen molar-refractivity contribution in [3.05, 3.63) is 62.7 Å². The second-order valence-electron chi connectivity index (χ2n) is 10.5. The van der Waals surface area contributed by atoms with Gasteiger partial charge in [0.25, 0.3) is 11.6 Å². The minimum atomic E-state index is -0.560. The van der Waals surface area contributed by atoms with E-state index in [1.54, 1.807) is 0 Å². The molecule has 4 N–H and O–H groups in total. The lowest BCUT2D eigenvalue weighted by molar-refractivity contribution is -0.384. The Bertz CT molecular complexity index is 1230. The lowest BCUT2D eigenvalue weighted by Crippen LogP contribution is -2.45. The molecule has 2 unspecified atom stereocenters. The van der Waals surface area contributed by atoms with Crippen LogP contribution in [0.1, 0.15) is 87.2 Å². The maximum absolute atomic E-state index is 13.6. The number of amides is 1. The number of carbonyl (C=O) groups excluding carboxylic acids is 1. The first kappa shape index (κ1) is 25.5. The molecule has 0 aromatic heterocycles. The molecule has 1 amide bonds. The van der Waals surface area contributed by atoms with Crippen LogP contribution in [0.3, 0.4) is 0 Å². The van der Waals surface area contributed by atoms with E-state index >= 15 is 0 Å². The Labute approximate surface area is 211 Å². The van der Waals surface area contributed by atoms with E-state index in [1.807, 2.05) is 6.07 Å². The number of fused-ring (bicyclic) bond motifs is 3. The third kappa shape index (κ3) is 4.90. The van der Waals surface area contributed by atoms with Crippen LogP contribution in [0.25, 0.3) is 0 Å². The summed E-state index contributed by atoms with van der Waals surface area (Å²) in [5.74, 6) is 0.110. The molecule has 1 aliphatic heterocycles. The summed E-state index contributed by atoms with van der Waals surface area (Å²) in [4.78, 5) is 24.3. The summed E-state index contributed by atoms with van der Waals surface area (Å²) in [5.41, 5.74) is 8.34. The van der Waals surface area contributed by atoms with Crippen LogP contribution in [-0.2, 0) is 6.42 Å². The number of nitrogens with zero attached hydrogens (tertiary/aromatic N) is 1. The average Bonchev–Trinajstić information content (AvgIpc) is 2.77. The first-order chi connectivity index (χ1) is 17.0. The fourth-order valence-electron chi connectivity index (χ4n) is 5.63. The number of nitrogens with two attached hydrogens (primary N) is 1. The molecule has 36 heavy (non-hydrogen) atoms. The molecule has 0 saturated heterocycles. The van der Waals surface area contributed by atoms with Crippen molar-refractivity contribution >= 4 is 23.0 Å². The summed E-state index contributed by atoms with van der Waals surface area (Å²) in [6.07, 6.45) is 7.56. The van der Waals surface area contributed by atoms with Gasteiger partial charge in [0, 0.05) is 40.9 Å². The number of phenols is 1. The number of ether oxygens (including phenoxy) is 1. The van der Waals surface area contributed by atoms with E-state index < -0.39 is 16.4 Å². The molecule has 192 valence electrons. The van der Waals surface area contributed by atoms with Crippen LogP contribution >= 0.6 is 0 Å². The highest BCUT2D eigenvalue weighted by Crippen LogP contribution is 2.54. The Morgan fingerprint density at radius 3 is 2.72 bits per heavy atom. The Kier molecular flexibility index (Phi) is 6.98. The molecule has 2 aliphatic rings. The van der Waals surface area contributed by atoms with Crippen molar-refractivity contribution in [2.24, 2.45) is 5.92 Å². The summed E-state index contributed by atoms with van der Waals surface area (Å²) in [5, 5.41) is 25.6. The lowest BCUT2D eigenvalue weighted by atomic mass is 9.67. The topological polar surface area (TPSA) is 128 Å². The highest BCUT2D eigenvalue weighted by molar-refractivity contribution is 6.08. The van der Waals surface area contributed by atoms with Gasteiger partial charge in [-0.25, -0.2) is 0 Å². The number of nitrogens with one attached hydrogen (secondary N) is 1. The van der Waals surface area contributed by atoms with Crippen LogP contribution in [0, 0.1) is 16.0 Å². The number of allylic oxidation sites excluding steroid dienone is 2. The maximum Gasteiger partial charge on any atom is 0.273 e. The van der Waals surface area contributed by atoms with Gasteiger partial charge in [-0.1, -0.05) is 31.4 Å². The monoisotopic (exact) mass is 493 g/mol. The summed E-state index contributed by atoms with van der Waals surface area (Å²) in [6, 6.07) is 5.86. The standard InChI is InChI=1S/C28H35N3O5/c1-5-6-7-8-17-12-23-25(21-11-16(2)9-10-22(21)28(3,4)36-23)26(32)24(17)27(33)30-19-13-18(29)14-20(15-19)31(34)35/h11-15,21-22,32H,5-10,29H2,1-4H3,(H,30,33). The molecule has 0 radical (unpaired) electrons. The molecule has 0 bridgehead atoms. The minimum absolute atomic E-state index is 0.0674. The number of carbonyl (C=O) groups is 1. The number of hydrogen-bond acceptors (Lipinski definition) is 6. The third-order valence-corrected chi connectivity index (χ3v) is 7.42. The van der Waals surface area contributed by atoms with E-state index in [0.29, 0.717) is 23.3 Å². The number of aromatic hydroxyl groups is 1. The largest absolute Gasteiger partial charge is 0.507 e. The van der Waals surface area contributed by atoms with Crippen LogP contribution in [0.4, 0.5) is 17.1 Å². The lowest BCUT2D eigenvalue weighted by Gasteiger charge is -2.46. The van der Waals surface area contributed by atoms with Gasteiger partial charge in [-0.05, 0) is 64.2 Å². The summed E-state index contributed by atoms with van der Waals surface area (Å²) in [6.45, 7) is 8.37. The van der Waals surface area contributed by atoms with Crippen molar-refractivity contribution in [3.63, 3.8) is 0 Å². The molecule has 8 nitrogen and oxygen atoms in total. The number of unbranched alkanes of at least 4 members (excludes halogenated alkanes) is 2. The van der Waals surface area contributed by atoms with Crippen molar-refractivity contribution in [2.75, 3.05) is 11.1 Å². The molecule has 1 heterocycles. The molecule has 2 aromatic rings. The van der Waals surface area contributed by atoms with Crippen molar-refractivity contribution in [2.45, 2.75) is 77.7 Å². The summed E-state index contributed by atoms with van der Waals surface area (Å²) < 4.78 is 6.45. The van der Waals surface area contributed by atoms with Gasteiger partial charge in [0.05, 0.1) is 10.5 Å². The zero-order chi connectivity index (χ0) is 26.2. The number of aryl methyl sites for hydroxylation is 1. The molecule has 2 atom stereocenters. The quantitative estimate of drug-likeness (QED) is 0.133. The number of phenolic OH excluding ortho intramolecular Hbond substituents is 1. The van der Waals surface area contributed by atoms with E-state index in [4.69, 9.17) is 10.5 Å². The van der Waals surface area contributed by atoms with Gasteiger partial charge in [-0.15, -0.1) is 0 Å². The van der Waals surface area contributed by atoms with Crippen molar-refractivity contribution in [3.8, 4) is 11.5 Å². The van der Waals surface area contributed by atoms with Crippen molar-refractivity contribution < 1.29 is 19.6 Å². The molecule has 8 heteroatoms. The van der Waals surface area contributed by atoms with Crippen LogP contribution < -0.4 is 15.8 Å². The number of nitro groups is 1. The number of nitro benzene ring substituents is 1. The minimum Gasteiger partial charge on any atom is -0.507 e. The predicted octanol–water partition coefficient (Wildman–Crippen LogP) is 6.48. The number of benzene rings is 2. The van der Waals surface area contributed by atoms with E-state index in [1.165, 1.54) is 23.8 Å². The van der Waals surface area contributed by atoms with Gasteiger partial charge in [0.15, 0.2) is 0 Å². The zero-order valence-electron chi connectivity index (χ0n) is 21.4. The summed E-state index contributed by atoms with van der Waals surface area (Å²) >= 11 is 0. The molecule has 1 aliphatic carbocycles. The highest BCUT2D eigenvalue weighted by Gasteiger charge is 2.46. The maximum atomic E-state index is 13.6. The first-order valence-corrected chi connectivity index (χ1v) is 12.6. The van der Waals surface area contributed by atoms with Gasteiger partial charge in [-0.3, -0.25) is 14.9 Å². The van der Waals surface area contributed by atoms with Gasteiger partial charge >= 0.3 is 0 Å². The average molecular weight is 494 g/mol. The van der Waals surface area contributed by atoms with E-state index in [2.05, 4.69) is 39.1 Å². The number of nitrogen functional groups attached to an aromatic ring is 1. The predicted molar refractivity (Wildman–Crippen MR) is 141 cm³/mol. The van der Waals surface area contributed by atoms with E-state index in [-0.39, 0.29) is 40.2 Å². The highest BCUT2D eigenvalue weighted by atomic mass is 16.6. The number of anilines is 2. The van der Waals surface area contributed by atoms with Gasteiger partial charge in [-0.2, -0.15) is 0 Å². The van der Waals surface area contributed by atoms with Crippen LogP contribution in [0.5, 0.6) is 11.5 Å². The molecule has 4 rings (SSSR count). The molecule has 0 spiro atoms. The molecule has 0 saturated carbocycles. The zero-order valence-corrected chi connectivity index (χ0v) is 21.4.